The number of aryl methyl sites for hydroxylation is 2. The Hall–Kier alpha value is -2.38. The molecule has 1 saturated heterocycles. The number of benzene rings is 1. The lowest BCUT2D eigenvalue weighted by Gasteiger charge is -2.34. The summed E-state index contributed by atoms with van der Waals surface area (Å²) in [4.78, 5) is 16.6. The molecule has 0 unspecified atom stereocenters. The molecule has 0 bridgehead atoms. The van der Waals surface area contributed by atoms with Crippen LogP contribution in [0.2, 0.25) is 0 Å². The van der Waals surface area contributed by atoms with E-state index in [-0.39, 0.29) is 5.91 Å². The van der Waals surface area contributed by atoms with Crippen LogP contribution in [0.3, 0.4) is 0 Å². The van der Waals surface area contributed by atoms with Gasteiger partial charge in [-0.2, -0.15) is 0 Å². The summed E-state index contributed by atoms with van der Waals surface area (Å²) in [5.74, 6) is 2.04. The molecule has 1 N–H and O–H groups in total. The maximum absolute atomic E-state index is 12.1. The number of carbonyl (C=O) groups is 1. The first-order valence-corrected chi connectivity index (χ1v) is 8.96. The molecule has 1 amide bonds. The average Bonchev–Trinajstić information content (AvgIpc) is 3.03. The zero-order valence-electron chi connectivity index (χ0n) is 15.4. The zero-order chi connectivity index (χ0) is 18.4. The van der Waals surface area contributed by atoms with Gasteiger partial charge in [0, 0.05) is 38.8 Å². The number of carbonyl (C=O) groups excluding carboxylic acids is 1. The molecule has 2 heterocycles. The molecule has 7 heteroatoms. The Labute approximate surface area is 153 Å². The molecule has 26 heavy (non-hydrogen) atoms. The van der Waals surface area contributed by atoms with Crippen LogP contribution in [-0.4, -0.2) is 66.7 Å². The molecule has 1 aliphatic heterocycles. The topological polar surface area (TPSA) is 70.8 Å². The van der Waals surface area contributed by atoms with Gasteiger partial charge in [0.05, 0.1) is 6.54 Å². The molecule has 1 aromatic carbocycles. The monoisotopic (exact) mass is 358 g/mol. The minimum Gasteiger partial charge on any atom is -0.492 e. The van der Waals surface area contributed by atoms with E-state index in [1.807, 2.05) is 18.2 Å². The lowest BCUT2D eigenvalue weighted by Crippen LogP contribution is -2.49. The number of aromatic nitrogens is 1. The van der Waals surface area contributed by atoms with Crippen molar-refractivity contribution in [3.63, 3.8) is 0 Å². The number of ether oxygens (including phenoxy) is 1. The second kappa shape index (κ2) is 8.82. The van der Waals surface area contributed by atoms with Crippen molar-refractivity contribution in [2.24, 2.45) is 0 Å². The Morgan fingerprint density at radius 3 is 2.62 bits per heavy atom. The van der Waals surface area contributed by atoms with Crippen LogP contribution in [0, 0.1) is 13.8 Å². The summed E-state index contributed by atoms with van der Waals surface area (Å²) in [7, 11) is 0. The second-order valence-corrected chi connectivity index (χ2v) is 6.60. The van der Waals surface area contributed by atoms with Gasteiger partial charge in [0.25, 0.3) is 0 Å². The molecule has 7 nitrogen and oxygen atoms in total. The van der Waals surface area contributed by atoms with Crippen molar-refractivity contribution in [3.8, 4) is 5.75 Å². The first-order chi connectivity index (χ1) is 12.6. The summed E-state index contributed by atoms with van der Waals surface area (Å²) in [5.41, 5.74) is 1.16. The van der Waals surface area contributed by atoms with Gasteiger partial charge >= 0.3 is 0 Å². The van der Waals surface area contributed by atoms with Gasteiger partial charge in [0.2, 0.25) is 5.91 Å². The van der Waals surface area contributed by atoms with E-state index in [2.05, 4.69) is 33.3 Å². The molecule has 0 spiro atoms. The van der Waals surface area contributed by atoms with Gasteiger partial charge in [0.1, 0.15) is 18.1 Å². The normalized spacial score (nSPS) is 15.8. The highest BCUT2D eigenvalue weighted by Crippen LogP contribution is 2.16. The van der Waals surface area contributed by atoms with Crippen LogP contribution in [0.4, 0.5) is 5.82 Å². The van der Waals surface area contributed by atoms with E-state index in [9.17, 15) is 4.79 Å². The molecule has 0 saturated carbocycles. The maximum atomic E-state index is 12.1. The van der Waals surface area contributed by atoms with Crippen molar-refractivity contribution in [1.82, 2.24) is 15.0 Å². The van der Waals surface area contributed by atoms with E-state index in [4.69, 9.17) is 9.26 Å². The highest BCUT2D eigenvalue weighted by atomic mass is 16.5. The van der Waals surface area contributed by atoms with Crippen LogP contribution in [-0.2, 0) is 4.79 Å². The van der Waals surface area contributed by atoms with Crippen molar-refractivity contribution in [1.29, 1.82) is 0 Å². The summed E-state index contributed by atoms with van der Waals surface area (Å²) in [5, 5.41) is 6.54. The summed E-state index contributed by atoms with van der Waals surface area (Å²) < 4.78 is 10.8. The Balaban J connectivity index is 1.33. The van der Waals surface area contributed by atoms with Crippen LogP contribution in [0.5, 0.6) is 5.75 Å². The van der Waals surface area contributed by atoms with Gasteiger partial charge < -0.3 is 14.6 Å². The number of rotatable bonds is 7. The van der Waals surface area contributed by atoms with Gasteiger partial charge in [-0.25, -0.2) is 0 Å². The van der Waals surface area contributed by atoms with Crippen LogP contribution < -0.4 is 10.1 Å². The molecule has 0 atom stereocenters. The molecule has 1 aliphatic rings. The van der Waals surface area contributed by atoms with Gasteiger partial charge in [-0.05, 0) is 25.5 Å². The SMILES string of the molecule is Cc1cc(NC(=O)CN2CCN(CCOc3ccccc3C)CC2)no1. The molecular formula is C19H26N4O3. The molecule has 0 aliphatic carbocycles. The van der Waals surface area contributed by atoms with Gasteiger partial charge in [-0.15, -0.1) is 0 Å². The predicted octanol–water partition coefficient (Wildman–Crippen LogP) is 1.93. The van der Waals surface area contributed by atoms with Crippen molar-refractivity contribution in [2.45, 2.75) is 13.8 Å². The molecule has 1 fully saturated rings. The highest BCUT2D eigenvalue weighted by Gasteiger charge is 2.19. The standard InChI is InChI=1S/C19H26N4O3/c1-15-5-3-4-6-17(15)25-12-11-22-7-9-23(10-8-22)14-19(24)20-18-13-16(2)26-21-18/h3-6,13H,7-12,14H2,1-2H3,(H,20,21,24). The van der Waals surface area contributed by atoms with Crippen LogP contribution in [0.15, 0.2) is 34.9 Å². The third-order valence-corrected chi connectivity index (χ3v) is 4.49. The fourth-order valence-electron chi connectivity index (χ4n) is 2.98. The number of nitrogens with zero attached hydrogens (tertiary/aromatic N) is 3. The van der Waals surface area contributed by atoms with Crippen LogP contribution in [0.25, 0.3) is 0 Å². The van der Waals surface area contributed by atoms with E-state index in [0.29, 0.717) is 24.7 Å². The number of anilines is 1. The number of nitrogens with one attached hydrogen (secondary N) is 1. The smallest absolute Gasteiger partial charge is 0.239 e. The number of piperazine rings is 1. The minimum absolute atomic E-state index is 0.0605. The summed E-state index contributed by atoms with van der Waals surface area (Å²) in [6, 6.07) is 9.78. The molecule has 140 valence electrons. The molecule has 1 aromatic heterocycles. The Bertz CT molecular complexity index is 723. The zero-order valence-corrected chi connectivity index (χ0v) is 15.4. The van der Waals surface area contributed by atoms with E-state index < -0.39 is 0 Å². The van der Waals surface area contributed by atoms with Gasteiger partial charge in [-0.3, -0.25) is 14.6 Å². The quantitative estimate of drug-likeness (QED) is 0.815. The fourth-order valence-corrected chi connectivity index (χ4v) is 2.98. The average molecular weight is 358 g/mol. The van der Waals surface area contributed by atoms with Gasteiger partial charge in [0.15, 0.2) is 5.82 Å². The first kappa shape index (κ1) is 18.4. The van der Waals surface area contributed by atoms with E-state index in [1.54, 1.807) is 13.0 Å². The van der Waals surface area contributed by atoms with E-state index >= 15 is 0 Å². The molecule has 2 aromatic rings. The van der Waals surface area contributed by atoms with Crippen molar-refractivity contribution in [3.05, 3.63) is 41.7 Å². The van der Waals surface area contributed by atoms with Crippen LogP contribution in [0.1, 0.15) is 11.3 Å². The fraction of sp³-hybridized carbons (Fsp3) is 0.474. The lowest BCUT2D eigenvalue weighted by atomic mass is 10.2. The minimum atomic E-state index is -0.0605. The Morgan fingerprint density at radius 2 is 1.92 bits per heavy atom. The number of hydrogen-bond donors (Lipinski definition) is 1. The number of para-hydroxylation sites is 1. The Kier molecular flexibility index (Phi) is 6.25. The van der Waals surface area contributed by atoms with E-state index in [0.717, 1.165) is 44.0 Å². The number of hydrogen-bond acceptors (Lipinski definition) is 6. The van der Waals surface area contributed by atoms with Gasteiger partial charge in [-0.1, -0.05) is 23.4 Å². The summed E-state index contributed by atoms with van der Waals surface area (Å²) in [6.45, 7) is 9.42. The maximum Gasteiger partial charge on any atom is 0.239 e. The van der Waals surface area contributed by atoms with Crippen molar-refractivity contribution in [2.75, 3.05) is 51.2 Å². The number of amides is 1. The largest absolute Gasteiger partial charge is 0.492 e. The molecular weight excluding hydrogens is 332 g/mol. The summed E-state index contributed by atoms with van der Waals surface area (Å²) >= 11 is 0. The predicted molar refractivity (Wildman–Crippen MR) is 99.4 cm³/mol. The third kappa shape index (κ3) is 5.31. The Morgan fingerprint density at radius 1 is 1.19 bits per heavy atom. The highest BCUT2D eigenvalue weighted by molar-refractivity contribution is 5.91. The second-order valence-electron chi connectivity index (χ2n) is 6.60. The molecule has 0 radical (unpaired) electrons. The van der Waals surface area contributed by atoms with E-state index in [1.165, 1.54) is 0 Å². The van der Waals surface area contributed by atoms with Crippen LogP contribution >= 0.6 is 0 Å². The summed E-state index contributed by atoms with van der Waals surface area (Å²) in [6.07, 6.45) is 0. The molecule has 3 rings (SSSR count). The first-order valence-electron chi connectivity index (χ1n) is 8.96. The third-order valence-electron chi connectivity index (χ3n) is 4.49. The van der Waals surface area contributed by atoms with Crippen molar-refractivity contribution < 1.29 is 14.1 Å². The lowest BCUT2D eigenvalue weighted by molar-refractivity contribution is -0.117. The van der Waals surface area contributed by atoms with Crippen molar-refractivity contribution >= 4 is 11.7 Å².